The van der Waals surface area contributed by atoms with Gasteiger partial charge >= 0.3 is 5.97 Å². The van der Waals surface area contributed by atoms with Gasteiger partial charge in [-0.3, -0.25) is 9.48 Å². The van der Waals surface area contributed by atoms with Crippen LogP contribution in [0.15, 0.2) is 0 Å². The van der Waals surface area contributed by atoms with Gasteiger partial charge in [-0.2, -0.15) is 5.10 Å². The Balaban J connectivity index is 2.29. The van der Waals surface area contributed by atoms with Gasteiger partial charge in [0, 0.05) is 5.69 Å². The molecule has 1 saturated heterocycles. The van der Waals surface area contributed by atoms with Gasteiger partial charge in [-0.25, -0.2) is 0 Å². The number of hydrogen-bond donors (Lipinski definition) is 1. The Morgan fingerprint density at radius 1 is 1.37 bits per heavy atom. The van der Waals surface area contributed by atoms with Gasteiger partial charge in [0.15, 0.2) is 0 Å². The van der Waals surface area contributed by atoms with Crippen molar-refractivity contribution in [3.05, 3.63) is 17.0 Å². The van der Waals surface area contributed by atoms with Crippen LogP contribution in [0.1, 0.15) is 49.6 Å². The highest BCUT2D eigenvalue weighted by Crippen LogP contribution is 2.36. The molecule has 5 heteroatoms. The lowest BCUT2D eigenvalue weighted by Gasteiger charge is -2.32. The Labute approximate surface area is 113 Å². The second-order valence-electron chi connectivity index (χ2n) is 5.56. The third-order valence-electron chi connectivity index (χ3n) is 3.83. The minimum atomic E-state index is -0.856. The maximum absolute atomic E-state index is 10.8. The van der Waals surface area contributed by atoms with Gasteiger partial charge in [-0.05, 0) is 52.0 Å². The van der Waals surface area contributed by atoms with E-state index in [4.69, 9.17) is 9.84 Å². The summed E-state index contributed by atoms with van der Waals surface area (Å²) in [4.78, 5) is 10.8. The smallest absolute Gasteiger partial charge is 0.325 e. The number of aryl methyl sites for hydroxylation is 1. The average Bonchev–Trinajstić information content (AvgIpc) is 2.51. The monoisotopic (exact) mass is 266 g/mol. The number of nitrogens with zero attached hydrogens (tertiary/aromatic N) is 2. The molecule has 1 aliphatic rings. The van der Waals surface area contributed by atoms with E-state index in [1.165, 1.54) is 5.56 Å². The van der Waals surface area contributed by atoms with E-state index in [9.17, 15) is 4.79 Å². The summed E-state index contributed by atoms with van der Waals surface area (Å²) in [5.41, 5.74) is 3.14. The molecule has 1 N–H and O–H groups in total. The van der Waals surface area contributed by atoms with Crippen molar-refractivity contribution < 1.29 is 14.6 Å². The maximum Gasteiger partial charge on any atom is 0.325 e. The highest BCUT2D eigenvalue weighted by Gasteiger charge is 2.29. The fourth-order valence-corrected chi connectivity index (χ4v) is 3.22. The fraction of sp³-hybridized carbons (Fsp3) is 0.714. The average molecular weight is 266 g/mol. The van der Waals surface area contributed by atoms with Crippen molar-refractivity contribution in [1.82, 2.24) is 9.78 Å². The van der Waals surface area contributed by atoms with Crippen molar-refractivity contribution in [2.45, 2.75) is 65.2 Å². The zero-order chi connectivity index (χ0) is 14.2. The van der Waals surface area contributed by atoms with Crippen molar-refractivity contribution in [2.24, 2.45) is 0 Å². The predicted molar refractivity (Wildman–Crippen MR) is 71.3 cm³/mol. The molecule has 1 aromatic rings. The minimum Gasteiger partial charge on any atom is -0.480 e. The number of carbonyl (C=O) groups is 1. The first-order valence-electron chi connectivity index (χ1n) is 6.79. The van der Waals surface area contributed by atoms with E-state index in [0.29, 0.717) is 5.92 Å². The molecule has 0 radical (unpaired) electrons. The fourth-order valence-electron chi connectivity index (χ4n) is 3.22. The van der Waals surface area contributed by atoms with Crippen LogP contribution in [0.3, 0.4) is 0 Å². The Bertz CT molecular complexity index is 471. The molecule has 2 heterocycles. The maximum atomic E-state index is 10.8. The summed E-state index contributed by atoms with van der Waals surface area (Å²) in [5.74, 6) is -0.438. The van der Waals surface area contributed by atoms with E-state index in [-0.39, 0.29) is 18.8 Å². The van der Waals surface area contributed by atoms with Crippen LogP contribution in [-0.2, 0) is 16.1 Å². The number of carboxylic acid groups (broad SMARTS) is 1. The van der Waals surface area contributed by atoms with E-state index in [1.807, 2.05) is 13.8 Å². The predicted octanol–water partition coefficient (Wildman–Crippen LogP) is 2.26. The molecular weight excluding hydrogens is 244 g/mol. The molecule has 0 aliphatic carbocycles. The van der Waals surface area contributed by atoms with Crippen LogP contribution >= 0.6 is 0 Å². The number of hydrogen-bond acceptors (Lipinski definition) is 3. The van der Waals surface area contributed by atoms with Gasteiger partial charge in [0.1, 0.15) is 6.54 Å². The quantitative estimate of drug-likeness (QED) is 0.911. The van der Waals surface area contributed by atoms with Crippen molar-refractivity contribution in [3.8, 4) is 0 Å². The van der Waals surface area contributed by atoms with E-state index in [0.717, 1.165) is 24.2 Å². The summed E-state index contributed by atoms with van der Waals surface area (Å²) in [6, 6.07) is 0. The lowest BCUT2D eigenvalue weighted by atomic mass is 9.85. The van der Waals surface area contributed by atoms with Crippen LogP contribution in [-0.4, -0.2) is 33.1 Å². The molecule has 1 fully saturated rings. The summed E-state index contributed by atoms with van der Waals surface area (Å²) >= 11 is 0. The second kappa shape index (κ2) is 5.33. The van der Waals surface area contributed by atoms with Crippen LogP contribution < -0.4 is 0 Å². The summed E-state index contributed by atoms with van der Waals surface area (Å²) < 4.78 is 7.36. The lowest BCUT2D eigenvalue weighted by molar-refractivity contribution is -0.137. The molecule has 5 nitrogen and oxygen atoms in total. The number of rotatable bonds is 3. The van der Waals surface area contributed by atoms with Crippen molar-refractivity contribution >= 4 is 5.97 Å². The molecule has 0 saturated carbocycles. The number of aromatic nitrogens is 2. The van der Waals surface area contributed by atoms with Crippen LogP contribution in [0.2, 0.25) is 0 Å². The summed E-state index contributed by atoms with van der Waals surface area (Å²) in [5, 5.41) is 13.3. The molecule has 19 heavy (non-hydrogen) atoms. The van der Waals surface area contributed by atoms with Crippen molar-refractivity contribution in [1.29, 1.82) is 0 Å². The lowest BCUT2D eigenvalue weighted by Crippen LogP contribution is -2.28. The molecule has 2 unspecified atom stereocenters. The summed E-state index contributed by atoms with van der Waals surface area (Å²) in [7, 11) is 0. The number of ether oxygens (including phenoxy) is 1. The largest absolute Gasteiger partial charge is 0.480 e. The van der Waals surface area contributed by atoms with Gasteiger partial charge in [-0.1, -0.05) is 0 Å². The second-order valence-corrected chi connectivity index (χ2v) is 5.56. The zero-order valence-corrected chi connectivity index (χ0v) is 12.0. The van der Waals surface area contributed by atoms with E-state index in [1.54, 1.807) is 4.68 Å². The SMILES string of the molecule is Cc1nn(CC(=O)O)c(C)c1C1CC(C)OC(C)C1. The number of carboxylic acids is 1. The van der Waals surface area contributed by atoms with E-state index >= 15 is 0 Å². The third-order valence-corrected chi connectivity index (χ3v) is 3.83. The molecular formula is C14H22N2O3. The minimum absolute atomic E-state index is 0.0685. The van der Waals surface area contributed by atoms with Crippen molar-refractivity contribution in [3.63, 3.8) is 0 Å². The molecule has 2 rings (SSSR count). The molecule has 1 aliphatic heterocycles. The van der Waals surface area contributed by atoms with Gasteiger partial charge in [-0.15, -0.1) is 0 Å². The van der Waals surface area contributed by atoms with Gasteiger partial charge < -0.3 is 9.84 Å². The molecule has 2 atom stereocenters. The van der Waals surface area contributed by atoms with Crippen molar-refractivity contribution in [2.75, 3.05) is 0 Å². The molecule has 0 bridgehead atoms. The van der Waals surface area contributed by atoms with E-state index < -0.39 is 5.97 Å². The molecule has 106 valence electrons. The highest BCUT2D eigenvalue weighted by molar-refractivity contribution is 5.66. The molecule has 0 amide bonds. The Morgan fingerprint density at radius 3 is 2.47 bits per heavy atom. The standard InChI is InChI=1S/C14H22N2O3/c1-8-5-12(6-9(2)19-8)14-10(3)15-16(11(14)4)7-13(17)18/h8-9,12H,5-7H2,1-4H3,(H,17,18). The first kappa shape index (κ1) is 14.1. The normalized spacial score (nSPS) is 27.5. The highest BCUT2D eigenvalue weighted by atomic mass is 16.5. The van der Waals surface area contributed by atoms with Crippen LogP contribution in [0.25, 0.3) is 0 Å². The van der Waals surface area contributed by atoms with Gasteiger partial charge in [0.05, 0.1) is 17.9 Å². The van der Waals surface area contributed by atoms with E-state index in [2.05, 4.69) is 18.9 Å². The Morgan fingerprint density at radius 2 is 1.95 bits per heavy atom. The van der Waals surface area contributed by atoms with Gasteiger partial charge in [0.25, 0.3) is 0 Å². The topological polar surface area (TPSA) is 64.4 Å². The molecule has 1 aromatic heterocycles. The summed E-state index contributed by atoms with van der Waals surface area (Å²) in [6.45, 7) is 8.04. The van der Waals surface area contributed by atoms with Crippen LogP contribution in [0.5, 0.6) is 0 Å². The van der Waals surface area contributed by atoms with Gasteiger partial charge in [0.2, 0.25) is 0 Å². The number of aliphatic carboxylic acids is 1. The van der Waals surface area contributed by atoms with Crippen LogP contribution in [0.4, 0.5) is 0 Å². The first-order chi connectivity index (χ1) is 8.88. The Hall–Kier alpha value is -1.36. The first-order valence-corrected chi connectivity index (χ1v) is 6.79. The zero-order valence-electron chi connectivity index (χ0n) is 12.0. The Kier molecular flexibility index (Phi) is 3.94. The van der Waals surface area contributed by atoms with Crippen LogP contribution in [0, 0.1) is 13.8 Å². The third kappa shape index (κ3) is 2.97. The summed E-state index contributed by atoms with van der Waals surface area (Å²) in [6.07, 6.45) is 2.45. The molecule has 0 aromatic carbocycles. The molecule has 0 spiro atoms.